The van der Waals surface area contributed by atoms with Crippen LogP contribution in [-0.4, -0.2) is 39.1 Å². The van der Waals surface area contributed by atoms with Gasteiger partial charge < -0.3 is 14.2 Å². The molecule has 152 valence electrons. The maximum Gasteiger partial charge on any atom is 0.257 e. The highest BCUT2D eigenvalue weighted by Gasteiger charge is 2.28. The largest absolute Gasteiger partial charge is 0.493 e. The Morgan fingerprint density at radius 2 is 1.76 bits per heavy atom. The fourth-order valence-electron chi connectivity index (χ4n) is 3.00. The van der Waals surface area contributed by atoms with Crippen LogP contribution < -0.4 is 24.8 Å². The van der Waals surface area contributed by atoms with E-state index in [2.05, 4.69) is 31.6 Å². The molecule has 1 aliphatic rings. The van der Waals surface area contributed by atoms with Crippen LogP contribution in [0.3, 0.4) is 0 Å². The summed E-state index contributed by atoms with van der Waals surface area (Å²) in [6, 6.07) is 9.78. The zero-order valence-corrected chi connectivity index (χ0v) is 17.7. The number of halogens is 1. The molecule has 0 aromatic heterocycles. The van der Waals surface area contributed by atoms with Gasteiger partial charge in [0.1, 0.15) is 0 Å². The molecule has 0 saturated carbocycles. The Balaban J connectivity index is 1.91. The lowest BCUT2D eigenvalue weighted by atomic mass is 10.0. The zero-order chi connectivity index (χ0) is 21.0. The molecule has 1 heterocycles. The van der Waals surface area contributed by atoms with Gasteiger partial charge in [-0.05, 0) is 36.4 Å². The van der Waals surface area contributed by atoms with E-state index in [0.717, 1.165) is 4.47 Å². The van der Waals surface area contributed by atoms with E-state index >= 15 is 0 Å². The SMILES string of the molecule is COc1ccc(C2CC(=O)NC(NC(=O)c3ccc(Br)cc3)=N2)c(OC)c1OC. The number of rotatable bonds is 5. The maximum absolute atomic E-state index is 12.5. The number of benzene rings is 2. The standard InChI is InChI=1S/C20H20BrN3O5/c1-27-15-9-8-13(17(28-2)18(15)29-3)14-10-16(25)23-20(22-14)24-19(26)11-4-6-12(21)7-5-11/h4-9,14H,10H2,1-3H3,(H2,22,23,24,25,26). The molecule has 2 aromatic carbocycles. The van der Waals surface area contributed by atoms with Gasteiger partial charge in [0.05, 0.1) is 33.8 Å². The van der Waals surface area contributed by atoms with Crippen LogP contribution in [0.15, 0.2) is 45.9 Å². The van der Waals surface area contributed by atoms with Crippen molar-refractivity contribution in [2.75, 3.05) is 21.3 Å². The predicted molar refractivity (Wildman–Crippen MR) is 111 cm³/mol. The van der Waals surface area contributed by atoms with E-state index in [9.17, 15) is 9.59 Å². The molecule has 29 heavy (non-hydrogen) atoms. The fraction of sp³-hybridized carbons (Fsp3) is 0.250. The molecule has 0 spiro atoms. The minimum Gasteiger partial charge on any atom is -0.493 e. The number of carbonyl (C=O) groups excluding carboxylic acids is 2. The molecule has 0 bridgehead atoms. The number of nitrogens with one attached hydrogen (secondary N) is 2. The summed E-state index contributed by atoms with van der Waals surface area (Å²) in [6.07, 6.45) is 0.101. The van der Waals surface area contributed by atoms with Crippen molar-refractivity contribution in [2.24, 2.45) is 4.99 Å². The van der Waals surface area contributed by atoms with Gasteiger partial charge in [0.2, 0.25) is 17.6 Å². The van der Waals surface area contributed by atoms with Gasteiger partial charge in [-0.25, -0.2) is 4.99 Å². The van der Waals surface area contributed by atoms with Crippen LogP contribution in [0.25, 0.3) is 0 Å². The van der Waals surface area contributed by atoms with Crippen molar-refractivity contribution in [3.63, 3.8) is 0 Å². The molecule has 0 fully saturated rings. The summed E-state index contributed by atoms with van der Waals surface area (Å²) < 4.78 is 17.1. The molecule has 2 aromatic rings. The summed E-state index contributed by atoms with van der Waals surface area (Å²) in [5.41, 5.74) is 1.09. The predicted octanol–water partition coefficient (Wildman–Crippen LogP) is 2.82. The van der Waals surface area contributed by atoms with E-state index in [-0.39, 0.29) is 24.2 Å². The third-order valence-electron chi connectivity index (χ3n) is 4.35. The third kappa shape index (κ3) is 4.51. The Hall–Kier alpha value is -3.07. The number of ether oxygens (including phenoxy) is 3. The van der Waals surface area contributed by atoms with Crippen LogP contribution in [-0.2, 0) is 4.79 Å². The Morgan fingerprint density at radius 3 is 2.38 bits per heavy atom. The highest BCUT2D eigenvalue weighted by Crippen LogP contribution is 2.44. The summed E-state index contributed by atoms with van der Waals surface area (Å²) in [4.78, 5) is 29.2. The number of aliphatic imine (C=N–C) groups is 1. The van der Waals surface area contributed by atoms with Gasteiger partial charge in [0.15, 0.2) is 11.5 Å². The van der Waals surface area contributed by atoms with E-state index in [1.54, 1.807) is 36.4 Å². The molecule has 0 saturated heterocycles. The Kier molecular flexibility index (Phi) is 6.38. The number of hydrogen-bond acceptors (Lipinski definition) is 6. The van der Waals surface area contributed by atoms with Crippen molar-refractivity contribution < 1.29 is 23.8 Å². The Labute approximate surface area is 176 Å². The second-order valence-corrected chi connectivity index (χ2v) is 7.05. The van der Waals surface area contributed by atoms with Crippen molar-refractivity contribution in [3.05, 3.63) is 52.0 Å². The minimum absolute atomic E-state index is 0.0796. The van der Waals surface area contributed by atoms with Crippen molar-refractivity contribution in [1.82, 2.24) is 10.6 Å². The Bertz CT molecular complexity index is 959. The Morgan fingerprint density at radius 1 is 1.07 bits per heavy atom. The summed E-state index contributed by atoms with van der Waals surface area (Å²) in [7, 11) is 4.54. The topological polar surface area (TPSA) is 98.3 Å². The first-order valence-electron chi connectivity index (χ1n) is 8.70. The lowest BCUT2D eigenvalue weighted by Gasteiger charge is -2.24. The number of hydrogen-bond donors (Lipinski definition) is 2. The van der Waals surface area contributed by atoms with Crippen molar-refractivity contribution in [1.29, 1.82) is 0 Å². The molecule has 0 aliphatic carbocycles. The van der Waals surface area contributed by atoms with Gasteiger partial charge in [-0.15, -0.1) is 0 Å². The minimum atomic E-state index is -0.557. The molecular formula is C20H20BrN3O5. The number of methoxy groups -OCH3 is 3. The molecule has 1 atom stereocenters. The summed E-state index contributed by atoms with van der Waals surface area (Å²) in [6.45, 7) is 0. The molecule has 1 aliphatic heterocycles. The fourth-order valence-corrected chi connectivity index (χ4v) is 3.27. The lowest BCUT2D eigenvalue weighted by molar-refractivity contribution is -0.120. The van der Waals surface area contributed by atoms with E-state index in [1.807, 2.05) is 0 Å². The highest BCUT2D eigenvalue weighted by molar-refractivity contribution is 9.10. The second-order valence-electron chi connectivity index (χ2n) is 6.13. The lowest BCUT2D eigenvalue weighted by Crippen LogP contribution is -2.47. The molecule has 1 unspecified atom stereocenters. The van der Waals surface area contributed by atoms with Crippen molar-refractivity contribution in [3.8, 4) is 17.2 Å². The van der Waals surface area contributed by atoms with Crippen LogP contribution in [0.1, 0.15) is 28.4 Å². The quantitative estimate of drug-likeness (QED) is 0.713. The highest BCUT2D eigenvalue weighted by atomic mass is 79.9. The first-order chi connectivity index (χ1) is 14.0. The van der Waals surface area contributed by atoms with Gasteiger partial charge in [-0.3, -0.25) is 20.2 Å². The van der Waals surface area contributed by atoms with Gasteiger partial charge in [-0.2, -0.15) is 0 Å². The molecular weight excluding hydrogens is 442 g/mol. The van der Waals surface area contributed by atoms with Crippen LogP contribution in [0.2, 0.25) is 0 Å². The number of guanidine groups is 1. The van der Waals surface area contributed by atoms with Crippen LogP contribution in [0.4, 0.5) is 0 Å². The van der Waals surface area contributed by atoms with Crippen LogP contribution in [0.5, 0.6) is 17.2 Å². The van der Waals surface area contributed by atoms with E-state index in [1.165, 1.54) is 21.3 Å². The van der Waals surface area contributed by atoms with Gasteiger partial charge in [0, 0.05) is 15.6 Å². The summed E-state index contributed by atoms with van der Waals surface area (Å²) in [5.74, 6) is 0.768. The molecule has 8 nitrogen and oxygen atoms in total. The smallest absolute Gasteiger partial charge is 0.257 e. The van der Waals surface area contributed by atoms with E-state index < -0.39 is 6.04 Å². The normalized spacial score (nSPS) is 15.8. The van der Waals surface area contributed by atoms with Gasteiger partial charge >= 0.3 is 0 Å². The van der Waals surface area contributed by atoms with Gasteiger partial charge in [0.25, 0.3) is 5.91 Å². The molecule has 2 amide bonds. The first kappa shape index (κ1) is 20.7. The zero-order valence-electron chi connectivity index (χ0n) is 16.1. The molecule has 0 radical (unpaired) electrons. The van der Waals surface area contributed by atoms with Crippen LogP contribution >= 0.6 is 15.9 Å². The number of nitrogens with zero attached hydrogens (tertiary/aromatic N) is 1. The third-order valence-corrected chi connectivity index (χ3v) is 4.88. The monoisotopic (exact) mass is 461 g/mol. The van der Waals surface area contributed by atoms with Crippen LogP contribution in [0, 0.1) is 0 Å². The van der Waals surface area contributed by atoms with Crippen molar-refractivity contribution >= 4 is 33.7 Å². The second kappa shape index (κ2) is 8.95. The summed E-state index contributed by atoms with van der Waals surface area (Å²) >= 11 is 3.33. The molecule has 3 rings (SSSR count). The van der Waals surface area contributed by atoms with E-state index in [4.69, 9.17) is 14.2 Å². The average molecular weight is 462 g/mol. The summed E-state index contributed by atoms with van der Waals surface area (Å²) in [5, 5.41) is 5.23. The average Bonchev–Trinajstić information content (AvgIpc) is 2.72. The van der Waals surface area contributed by atoms with Crippen molar-refractivity contribution in [2.45, 2.75) is 12.5 Å². The maximum atomic E-state index is 12.5. The first-order valence-corrected chi connectivity index (χ1v) is 9.49. The van der Waals surface area contributed by atoms with Gasteiger partial charge in [-0.1, -0.05) is 15.9 Å². The number of amides is 2. The molecule has 2 N–H and O–H groups in total. The number of carbonyl (C=O) groups is 2. The van der Waals surface area contributed by atoms with E-state index in [0.29, 0.717) is 28.4 Å². The molecule has 9 heteroatoms.